The van der Waals surface area contributed by atoms with Crippen molar-refractivity contribution >= 4 is 41.0 Å². The zero-order valence-corrected chi connectivity index (χ0v) is 24.1. The first-order valence-electron chi connectivity index (χ1n) is 13.5. The predicted molar refractivity (Wildman–Crippen MR) is 154 cm³/mol. The van der Waals surface area contributed by atoms with Gasteiger partial charge in [0.15, 0.2) is 0 Å². The number of amides is 2. The maximum atomic E-state index is 14.1. The van der Waals surface area contributed by atoms with Gasteiger partial charge < -0.3 is 20.7 Å². The monoisotopic (exact) mass is 594 g/mol. The van der Waals surface area contributed by atoms with E-state index in [1.54, 1.807) is 19.1 Å². The summed E-state index contributed by atoms with van der Waals surface area (Å²) < 4.78 is 18.7. The molecule has 0 aliphatic carbocycles. The predicted octanol–water partition coefficient (Wildman–Crippen LogP) is 3.17. The largest absolute Gasteiger partial charge is 0.464 e. The smallest absolute Gasteiger partial charge is 0.328 e. The molecule has 0 bridgehead atoms. The van der Waals surface area contributed by atoms with Crippen molar-refractivity contribution in [2.45, 2.75) is 50.4 Å². The molecule has 4 atom stereocenters. The number of esters is 1. The molecule has 2 amide bonds. The van der Waals surface area contributed by atoms with Crippen LogP contribution in [0.25, 0.3) is 0 Å². The van der Waals surface area contributed by atoms with Gasteiger partial charge in [-0.25, -0.2) is 9.18 Å². The van der Waals surface area contributed by atoms with E-state index >= 15 is 0 Å². The normalized spacial score (nSPS) is 17.2. The third-order valence-electron chi connectivity index (χ3n) is 6.79. The lowest BCUT2D eigenvalue weighted by Crippen LogP contribution is -2.59. The van der Waals surface area contributed by atoms with Crippen molar-refractivity contribution in [1.29, 1.82) is 0 Å². The van der Waals surface area contributed by atoms with Gasteiger partial charge in [0.1, 0.15) is 17.9 Å². The van der Waals surface area contributed by atoms with Gasteiger partial charge in [0.25, 0.3) is 0 Å². The highest BCUT2D eigenvalue weighted by molar-refractivity contribution is 6.18. The van der Waals surface area contributed by atoms with Crippen molar-refractivity contribution in [3.63, 3.8) is 0 Å². The van der Waals surface area contributed by atoms with E-state index in [-0.39, 0.29) is 30.7 Å². The van der Waals surface area contributed by atoms with Gasteiger partial charge in [-0.2, -0.15) is 0 Å². The first kappa shape index (κ1) is 31.8. The molecule has 3 rings (SSSR count). The van der Waals surface area contributed by atoms with E-state index in [1.165, 1.54) is 12.1 Å². The number of halogens is 3. The lowest BCUT2D eigenvalue weighted by molar-refractivity contribution is -0.148. The zero-order chi connectivity index (χ0) is 28.9. The lowest BCUT2D eigenvalue weighted by Gasteiger charge is -2.37. The van der Waals surface area contributed by atoms with Crippen LogP contribution in [0.2, 0.25) is 0 Å². The third kappa shape index (κ3) is 9.16. The van der Waals surface area contributed by atoms with E-state index in [4.69, 9.17) is 27.9 Å². The highest BCUT2D eigenvalue weighted by atomic mass is 35.5. The van der Waals surface area contributed by atoms with Crippen LogP contribution < -0.4 is 16.0 Å². The summed E-state index contributed by atoms with van der Waals surface area (Å²) >= 11 is 12.3. The molecule has 1 heterocycles. The maximum Gasteiger partial charge on any atom is 0.328 e. The number of hydrogen-bond acceptors (Lipinski definition) is 6. The highest BCUT2D eigenvalue weighted by Crippen LogP contribution is 2.26. The zero-order valence-electron chi connectivity index (χ0n) is 22.6. The molecule has 1 unspecified atom stereocenters. The van der Waals surface area contributed by atoms with Gasteiger partial charge in [0.05, 0.1) is 18.7 Å². The van der Waals surface area contributed by atoms with Crippen LogP contribution in [-0.4, -0.2) is 78.8 Å². The van der Waals surface area contributed by atoms with Crippen molar-refractivity contribution in [3.05, 3.63) is 71.5 Å². The highest BCUT2D eigenvalue weighted by Gasteiger charge is 2.38. The van der Waals surface area contributed by atoms with Crippen molar-refractivity contribution < 1.29 is 23.5 Å². The van der Waals surface area contributed by atoms with Crippen LogP contribution in [-0.2, 0) is 25.5 Å². The fourth-order valence-corrected chi connectivity index (χ4v) is 5.31. The average molecular weight is 596 g/mol. The maximum absolute atomic E-state index is 14.1. The van der Waals surface area contributed by atoms with Gasteiger partial charge in [0, 0.05) is 31.3 Å². The molecule has 0 radical (unpaired) electrons. The standard InChI is InChI=1S/C29H37Cl2FN4O4/c1-2-40-29(39)24(19-20-10-12-22(32)13-11-20)34-28(38)25(35-27(37)23-9-6-16-33-23)26(21-7-4-3-5-8-21)36(17-14-30)18-15-31/h3-5,7-8,10-13,23-26,33H,2,6,9,14-19H2,1H3,(H,34,38)(H,35,37)/t23-,24-,25-,26?/m0/s1. The van der Waals surface area contributed by atoms with E-state index in [0.29, 0.717) is 31.6 Å². The number of nitrogens with one attached hydrogen (secondary N) is 3. The average Bonchev–Trinajstić information content (AvgIpc) is 3.50. The summed E-state index contributed by atoms with van der Waals surface area (Å²) in [5.74, 6) is -1.34. The number of nitrogens with zero attached hydrogens (tertiary/aromatic N) is 1. The van der Waals surface area contributed by atoms with Crippen LogP contribution in [0, 0.1) is 5.82 Å². The van der Waals surface area contributed by atoms with Gasteiger partial charge >= 0.3 is 5.97 Å². The van der Waals surface area contributed by atoms with Gasteiger partial charge in [-0.05, 0) is 49.6 Å². The van der Waals surface area contributed by atoms with Crippen molar-refractivity contribution in [3.8, 4) is 0 Å². The van der Waals surface area contributed by atoms with Crippen LogP contribution >= 0.6 is 23.2 Å². The molecule has 2 aromatic carbocycles. The minimum absolute atomic E-state index is 0.0821. The molecule has 1 aliphatic rings. The van der Waals surface area contributed by atoms with E-state index in [1.807, 2.05) is 35.2 Å². The number of benzene rings is 2. The summed E-state index contributed by atoms with van der Waals surface area (Å²) in [6.45, 7) is 3.32. The Bertz CT molecular complexity index is 1080. The van der Waals surface area contributed by atoms with Crippen LogP contribution in [0.5, 0.6) is 0 Å². The number of carbonyl (C=O) groups excluding carboxylic acids is 3. The van der Waals surface area contributed by atoms with Crippen molar-refractivity contribution in [1.82, 2.24) is 20.9 Å². The lowest BCUT2D eigenvalue weighted by atomic mass is 9.95. The van der Waals surface area contributed by atoms with Gasteiger partial charge in [-0.1, -0.05) is 42.5 Å². The SMILES string of the molecule is CCOC(=O)[C@H](Cc1ccc(F)cc1)NC(=O)[C@@H](NC(=O)[C@@H]1CCCN1)C(c1ccccc1)N(CCCl)CCCl. The van der Waals surface area contributed by atoms with Crippen LogP contribution in [0.3, 0.4) is 0 Å². The molecule has 3 N–H and O–H groups in total. The second-order valence-corrected chi connectivity index (χ2v) is 10.3. The Morgan fingerprint density at radius 3 is 2.30 bits per heavy atom. The molecular formula is C29H37Cl2FN4O4. The Hall–Kier alpha value is -2.72. The van der Waals surface area contributed by atoms with E-state index in [2.05, 4.69) is 16.0 Å². The summed E-state index contributed by atoms with van der Waals surface area (Å²) in [6, 6.07) is 11.8. The Kier molecular flexibility index (Phi) is 13.1. The van der Waals surface area contributed by atoms with Gasteiger partial charge in [0.2, 0.25) is 11.8 Å². The van der Waals surface area contributed by atoms with Crippen LogP contribution in [0.1, 0.15) is 36.9 Å². The first-order valence-corrected chi connectivity index (χ1v) is 14.6. The molecular weight excluding hydrogens is 558 g/mol. The number of hydrogen-bond donors (Lipinski definition) is 3. The molecule has 8 nitrogen and oxygen atoms in total. The molecule has 218 valence electrons. The van der Waals surface area contributed by atoms with Gasteiger partial charge in [-0.3, -0.25) is 14.5 Å². The van der Waals surface area contributed by atoms with Crippen molar-refractivity contribution in [2.24, 2.45) is 0 Å². The summed E-state index contributed by atoms with van der Waals surface area (Å²) in [4.78, 5) is 42.3. The molecule has 1 aliphatic heterocycles. The van der Waals surface area contributed by atoms with E-state index in [9.17, 15) is 18.8 Å². The molecule has 0 saturated carbocycles. The minimum atomic E-state index is -1.09. The number of alkyl halides is 2. The number of rotatable bonds is 15. The number of ether oxygens (including phenoxy) is 1. The summed E-state index contributed by atoms with van der Waals surface area (Å²) in [5.41, 5.74) is 1.42. The minimum Gasteiger partial charge on any atom is -0.464 e. The van der Waals surface area contributed by atoms with Crippen molar-refractivity contribution in [2.75, 3.05) is 38.0 Å². The van der Waals surface area contributed by atoms with E-state index < -0.39 is 41.9 Å². The molecule has 1 fully saturated rings. The second kappa shape index (κ2) is 16.5. The molecule has 0 aromatic heterocycles. The topological polar surface area (TPSA) is 99.8 Å². The Morgan fingerprint density at radius 1 is 1.05 bits per heavy atom. The Morgan fingerprint density at radius 2 is 1.73 bits per heavy atom. The van der Waals surface area contributed by atoms with Crippen LogP contribution in [0.15, 0.2) is 54.6 Å². The third-order valence-corrected chi connectivity index (χ3v) is 7.13. The summed E-state index contributed by atoms with van der Waals surface area (Å²) in [6.07, 6.45) is 1.59. The Labute approximate surface area is 244 Å². The summed E-state index contributed by atoms with van der Waals surface area (Å²) in [5, 5.41) is 8.94. The molecule has 2 aromatic rings. The second-order valence-electron chi connectivity index (χ2n) is 9.55. The quantitative estimate of drug-likeness (QED) is 0.216. The Balaban J connectivity index is 1.99. The molecule has 11 heteroatoms. The summed E-state index contributed by atoms with van der Waals surface area (Å²) in [7, 11) is 0. The fourth-order valence-electron chi connectivity index (χ4n) is 4.88. The van der Waals surface area contributed by atoms with Crippen LogP contribution in [0.4, 0.5) is 4.39 Å². The molecule has 0 spiro atoms. The first-order chi connectivity index (χ1) is 19.4. The van der Waals surface area contributed by atoms with Gasteiger partial charge in [-0.15, -0.1) is 23.2 Å². The number of carbonyl (C=O) groups is 3. The molecule has 40 heavy (non-hydrogen) atoms. The fraction of sp³-hybridized carbons (Fsp3) is 0.483. The molecule has 1 saturated heterocycles. The van der Waals surface area contributed by atoms with E-state index in [0.717, 1.165) is 12.0 Å².